The predicted molar refractivity (Wildman–Crippen MR) is 102 cm³/mol. The van der Waals surface area contributed by atoms with Crippen LogP contribution >= 0.6 is 11.8 Å². The first kappa shape index (κ1) is 18.0. The quantitative estimate of drug-likeness (QED) is 0.605. The fourth-order valence-electron chi connectivity index (χ4n) is 3.16. The van der Waals surface area contributed by atoms with Crippen LogP contribution in [0.1, 0.15) is 51.0 Å². The lowest BCUT2D eigenvalue weighted by Crippen LogP contribution is -2.35. The molecule has 0 saturated heterocycles. The van der Waals surface area contributed by atoms with Gasteiger partial charge in [0.05, 0.1) is 5.75 Å². The van der Waals surface area contributed by atoms with Crippen LogP contribution in [-0.2, 0) is 11.2 Å². The molecule has 1 aromatic heterocycles. The van der Waals surface area contributed by atoms with E-state index in [0.717, 1.165) is 30.7 Å². The summed E-state index contributed by atoms with van der Waals surface area (Å²) in [6.45, 7) is 2.14. The lowest BCUT2D eigenvalue weighted by molar-refractivity contribution is -0.119. The van der Waals surface area contributed by atoms with Gasteiger partial charge in [0, 0.05) is 11.6 Å². The molecule has 1 heterocycles. The van der Waals surface area contributed by atoms with Crippen molar-refractivity contribution in [2.75, 3.05) is 5.75 Å². The van der Waals surface area contributed by atoms with Crippen molar-refractivity contribution in [3.63, 3.8) is 0 Å². The van der Waals surface area contributed by atoms with E-state index in [1.54, 1.807) is 0 Å². The molecule has 5 nitrogen and oxygen atoms in total. The van der Waals surface area contributed by atoms with Gasteiger partial charge in [-0.1, -0.05) is 68.6 Å². The molecule has 1 saturated carbocycles. The second-order valence-electron chi connectivity index (χ2n) is 6.56. The second kappa shape index (κ2) is 9.04. The molecule has 1 amide bonds. The van der Waals surface area contributed by atoms with Crippen molar-refractivity contribution in [3.05, 3.63) is 29.8 Å². The standard InChI is InChI=1S/C19H26N4OS/c1-2-14-9-11-15(12-10-14)18-21-19(23-22-18)25-13-17(24)20-16-7-5-3-4-6-8-16/h9-12,16H,2-8,13H2,1H3,(H,20,24)(H,21,22,23). The molecule has 1 aliphatic rings. The van der Waals surface area contributed by atoms with E-state index in [2.05, 4.69) is 39.6 Å². The molecule has 6 heteroatoms. The third-order valence-corrected chi connectivity index (χ3v) is 5.50. The third kappa shape index (κ3) is 5.33. The number of hydrogen-bond acceptors (Lipinski definition) is 4. The summed E-state index contributed by atoms with van der Waals surface area (Å²) in [6, 6.07) is 8.64. The molecule has 25 heavy (non-hydrogen) atoms. The number of nitrogens with one attached hydrogen (secondary N) is 2. The van der Waals surface area contributed by atoms with Gasteiger partial charge in [0.2, 0.25) is 11.1 Å². The number of hydrogen-bond donors (Lipinski definition) is 2. The summed E-state index contributed by atoms with van der Waals surface area (Å²) in [7, 11) is 0. The highest BCUT2D eigenvalue weighted by atomic mass is 32.2. The lowest BCUT2D eigenvalue weighted by atomic mass is 10.1. The van der Waals surface area contributed by atoms with Crippen molar-refractivity contribution < 1.29 is 4.79 Å². The SMILES string of the molecule is CCc1ccc(-c2nc(SCC(=O)NC3CCCCCC3)n[nH]2)cc1. The topological polar surface area (TPSA) is 70.7 Å². The summed E-state index contributed by atoms with van der Waals surface area (Å²) in [5, 5.41) is 10.9. The van der Waals surface area contributed by atoms with Gasteiger partial charge < -0.3 is 5.32 Å². The number of rotatable bonds is 6. The zero-order valence-corrected chi connectivity index (χ0v) is 15.6. The molecule has 0 unspecified atom stereocenters. The third-order valence-electron chi connectivity index (χ3n) is 4.65. The number of aromatic amines is 1. The Labute approximate surface area is 153 Å². The molecule has 0 bridgehead atoms. The Hall–Kier alpha value is -1.82. The average Bonchev–Trinajstić information content (AvgIpc) is 2.97. The van der Waals surface area contributed by atoms with Crippen LogP contribution in [0.25, 0.3) is 11.4 Å². The van der Waals surface area contributed by atoms with Gasteiger partial charge in [-0.15, -0.1) is 5.10 Å². The van der Waals surface area contributed by atoms with Crippen LogP contribution in [-0.4, -0.2) is 32.9 Å². The Kier molecular flexibility index (Phi) is 6.50. The van der Waals surface area contributed by atoms with Gasteiger partial charge >= 0.3 is 0 Å². The molecule has 1 aromatic carbocycles. The zero-order valence-electron chi connectivity index (χ0n) is 14.8. The van der Waals surface area contributed by atoms with Gasteiger partial charge in [0.25, 0.3) is 0 Å². The average molecular weight is 359 g/mol. The van der Waals surface area contributed by atoms with Gasteiger partial charge in [-0.2, -0.15) is 0 Å². The molecular weight excluding hydrogens is 332 g/mol. The van der Waals surface area contributed by atoms with E-state index < -0.39 is 0 Å². The Bertz CT molecular complexity index is 675. The fraction of sp³-hybridized carbons (Fsp3) is 0.526. The molecule has 1 aliphatic carbocycles. The van der Waals surface area contributed by atoms with E-state index in [1.807, 2.05) is 12.1 Å². The Morgan fingerprint density at radius 1 is 1.20 bits per heavy atom. The molecule has 0 atom stereocenters. The van der Waals surface area contributed by atoms with Crippen LogP contribution in [0.2, 0.25) is 0 Å². The summed E-state index contributed by atoms with van der Waals surface area (Å²) in [5.74, 6) is 1.19. The highest BCUT2D eigenvalue weighted by Crippen LogP contribution is 2.20. The molecule has 2 aromatic rings. The van der Waals surface area contributed by atoms with Crippen molar-refractivity contribution in [3.8, 4) is 11.4 Å². The van der Waals surface area contributed by atoms with Crippen LogP contribution in [0.4, 0.5) is 0 Å². The van der Waals surface area contributed by atoms with Crippen LogP contribution < -0.4 is 5.32 Å². The first-order valence-corrected chi connectivity index (χ1v) is 10.2. The normalized spacial score (nSPS) is 15.7. The lowest BCUT2D eigenvalue weighted by Gasteiger charge is -2.15. The largest absolute Gasteiger partial charge is 0.353 e. The van der Waals surface area contributed by atoms with E-state index in [1.165, 1.54) is 43.0 Å². The molecule has 1 fully saturated rings. The number of aryl methyl sites for hydroxylation is 1. The smallest absolute Gasteiger partial charge is 0.230 e. The van der Waals surface area contributed by atoms with Gasteiger partial charge in [-0.3, -0.25) is 9.89 Å². The van der Waals surface area contributed by atoms with Gasteiger partial charge in [-0.05, 0) is 24.8 Å². The van der Waals surface area contributed by atoms with Crippen molar-refractivity contribution >= 4 is 17.7 Å². The van der Waals surface area contributed by atoms with Crippen molar-refractivity contribution in [2.24, 2.45) is 0 Å². The predicted octanol–water partition coefficient (Wildman–Crippen LogP) is 3.97. The first-order chi connectivity index (χ1) is 12.2. The Balaban J connectivity index is 1.49. The number of benzene rings is 1. The van der Waals surface area contributed by atoms with Crippen molar-refractivity contribution in [1.29, 1.82) is 0 Å². The minimum absolute atomic E-state index is 0.0792. The number of nitrogens with zero attached hydrogens (tertiary/aromatic N) is 2. The molecule has 0 aliphatic heterocycles. The van der Waals surface area contributed by atoms with Crippen LogP contribution in [0.3, 0.4) is 0 Å². The van der Waals surface area contributed by atoms with Crippen LogP contribution in [0.15, 0.2) is 29.4 Å². The number of amides is 1. The second-order valence-corrected chi connectivity index (χ2v) is 7.50. The maximum Gasteiger partial charge on any atom is 0.230 e. The van der Waals surface area contributed by atoms with E-state index in [-0.39, 0.29) is 5.91 Å². The maximum absolute atomic E-state index is 12.1. The summed E-state index contributed by atoms with van der Waals surface area (Å²) in [4.78, 5) is 16.6. The van der Waals surface area contributed by atoms with E-state index in [9.17, 15) is 4.79 Å². The van der Waals surface area contributed by atoms with Crippen molar-refractivity contribution in [2.45, 2.75) is 63.1 Å². The molecule has 2 N–H and O–H groups in total. The van der Waals surface area contributed by atoms with Crippen LogP contribution in [0, 0.1) is 0 Å². The van der Waals surface area contributed by atoms with E-state index in [0.29, 0.717) is 17.0 Å². The number of H-pyrrole nitrogens is 1. The minimum Gasteiger partial charge on any atom is -0.353 e. The van der Waals surface area contributed by atoms with E-state index in [4.69, 9.17) is 0 Å². The Morgan fingerprint density at radius 2 is 1.92 bits per heavy atom. The summed E-state index contributed by atoms with van der Waals surface area (Å²) >= 11 is 1.38. The highest BCUT2D eigenvalue weighted by Gasteiger charge is 2.15. The number of carbonyl (C=O) groups excluding carboxylic acids is 1. The minimum atomic E-state index is 0.0792. The number of carbonyl (C=O) groups is 1. The fourth-order valence-corrected chi connectivity index (χ4v) is 3.77. The monoisotopic (exact) mass is 358 g/mol. The zero-order chi connectivity index (χ0) is 17.5. The summed E-state index contributed by atoms with van der Waals surface area (Å²) in [6.07, 6.45) is 8.26. The van der Waals surface area contributed by atoms with E-state index >= 15 is 0 Å². The maximum atomic E-state index is 12.1. The number of thioether (sulfide) groups is 1. The molecule has 0 radical (unpaired) electrons. The highest BCUT2D eigenvalue weighted by molar-refractivity contribution is 7.99. The molecule has 134 valence electrons. The molecule has 0 spiro atoms. The summed E-state index contributed by atoms with van der Waals surface area (Å²) < 4.78 is 0. The van der Waals surface area contributed by atoms with Gasteiger partial charge in [-0.25, -0.2) is 4.98 Å². The van der Waals surface area contributed by atoms with Gasteiger partial charge in [0.15, 0.2) is 5.82 Å². The van der Waals surface area contributed by atoms with Crippen LogP contribution in [0.5, 0.6) is 0 Å². The first-order valence-electron chi connectivity index (χ1n) is 9.18. The van der Waals surface area contributed by atoms with Crippen molar-refractivity contribution in [1.82, 2.24) is 20.5 Å². The molecular formula is C19H26N4OS. The Morgan fingerprint density at radius 3 is 2.60 bits per heavy atom. The summed E-state index contributed by atoms with van der Waals surface area (Å²) in [5.41, 5.74) is 2.31. The van der Waals surface area contributed by atoms with Gasteiger partial charge in [0.1, 0.15) is 0 Å². The number of aromatic nitrogens is 3. The molecule has 3 rings (SSSR count).